The van der Waals surface area contributed by atoms with Gasteiger partial charge in [0.25, 0.3) is 0 Å². The summed E-state index contributed by atoms with van der Waals surface area (Å²) in [5.74, 6) is 0.681. The molecule has 0 heterocycles. The molecule has 0 aliphatic rings. The molecule has 0 atom stereocenters. The van der Waals surface area contributed by atoms with E-state index in [0.29, 0.717) is 12.5 Å². The lowest BCUT2D eigenvalue weighted by molar-refractivity contribution is -0.471. The van der Waals surface area contributed by atoms with E-state index in [1.54, 1.807) is 6.21 Å². The third-order valence-electron chi connectivity index (χ3n) is 3.98. The van der Waals surface area contributed by atoms with E-state index in [4.69, 9.17) is 0 Å². The van der Waals surface area contributed by atoms with E-state index >= 15 is 0 Å². The van der Waals surface area contributed by atoms with Gasteiger partial charge in [0.2, 0.25) is 0 Å². The number of rotatable bonds is 7. The van der Waals surface area contributed by atoms with E-state index in [-0.39, 0.29) is 0 Å². The number of hydrogen-bond acceptors (Lipinski definition) is 1. The molecule has 23 heavy (non-hydrogen) atoms. The van der Waals surface area contributed by atoms with Crippen molar-refractivity contribution in [3.8, 4) is 0 Å². The summed E-state index contributed by atoms with van der Waals surface area (Å²) in [7, 11) is 0. The fraction of sp³-hybridized carbons (Fsp3) is 0.381. The zero-order valence-electron chi connectivity index (χ0n) is 14.5. The molecule has 2 rings (SSSR count). The van der Waals surface area contributed by atoms with E-state index in [1.165, 1.54) is 16.7 Å². The molecule has 0 aliphatic carbocycles. The smallest absolute Gasteiger partial charge is 0.178 e. The van der Waals surface area contributed by atoms with Crippen LogP contribution in [0.2, 0.25) is 0 Å². The lowest BCUT2D eigenvalue weighted by Gasteiger charge is -2.10. The predicted molar refractivity (Wildman–Crippen MR) is 97.9 cm³/mol. The molecule has 2 nitrogen and oxygen atoms in total. The molecule has 0 aromatic heterocycles. The lowest BCUT2D eigenvalue weighted by Crippen LogP contribution is -2.06. The quantitative estimate of drug-likeness (QED) is 0.309. The molecule has 0 fully saturated rings. The Morgan fingerprint density at radius 1 is 1.04 bits per heavy atom. The van der Waals surface area contributed by atoms with Gasteiger partial charge in [-0.3, -0.25) is 0 Å². The van der Waals surface area contributed by atoms with Crippen LogP contribution in [-0.4, -0.2) is 11.0 Å². The summed E-state index contributed by atoms with van der Waals surface area (Å²) in [6.07, 6.45) is 4.58. The van der Waals surface area contributed by atoms with Gasteiger partial charge in [0, 0.05) is 12.0 Å². The second-order valence-corrected chi connectivity index (χ2v) is 6.64. The first-order valence-electron chi connectivity index (χ1n) is 8.44. The van der Waals surface area contributed by atoms with Crippen LogP contribution in [0, 0.1) is 18.0 Å². The minimum atomic E-state index is 0.424. The van der Waals surface area contributed by atoms with E-state index in [1.807, 2.05) is 30.3 Å². The van der Waals surface area contributed by atoms with Crippen LogP contribution in [0.3, 0.4) is 0 Å². The maximum atomic E-state index is 11.9. The molecule has 2 aromatic carbocycles. The summed E-state index contributed by atoms with van der Waals surface area (Å²) in [6.45, 7) is 7.08. The van der Waals surface area contributed by atoms with Crippen molar-refractivity contribution >= 4 is 6.21 Å². The largest absolute Gasteiger partial charge is 0.624 e. The molecule has 122 valence electrons. The van der Waals surface area contributed by atoms with Crippen LogP contribution in [0.4, 0.5) is 0 Å². The molecule has 0 aliphatic heterocycles. The van der Waals surface area contributed by atoms with Crippen LogP contribution < -0.4 is 0 Å². The lowest BCUT2D eigenvalue weighted by atomic mass is 9.97. The first-order chi connectivity index (χ1) is 11.0. The summed E-state index contributed by atoms with van der Waals surface area (Å²) in [5, 5.41) is 11.9. The summed E-state index contributed by atoms with van der Waals surface area (Å²) < 4.78 is 1.04. The molecule has 0 saturated carbocycles. The Bertz CT molecular complexity index is 644. The molecular weight excluding hydrogens is 282 g/mol. The topological polar surface area (TPSA) is 26.1 Å². The Morgan fingerprint density at radius 3 is 2.43 bits per heavy atom. The molecule has 0 amide bonds. The van der Waals surface area contributed by atoms with Crippen LogP contribution in [0.15, 0.2) is 48.5 Å². The maximum absolute atomic E-state index is 11.9. The van der Waals surface area contributed by atoms with Gasteiger partial charge in [-0.25, -0.2) is 4.74 Å². The predicted octanol–water partition coefficient (Wildman–Crippen LogP) is 4.91. The normalized spacial score (nSPS) is 11.9. The van der Waals surface area contributed by atoms with Crippen molar-refractivity contribution in [2.24, 2.45) is 5.92 Å². The van der Waals surface area contributed by atoms with E-state index < -0.39 is 0 Å². The Hall–Kier alpha value is -2.09. The van der Waals surface area contributed by atoms with E-state index in [0.717, 1.165) is 29.6 Å². The molecule has 0 N–H and O–H groups in total. The van der Waals surface area contributed by atoms with Crippen molar-refractivity contribution < 1.29 is 4.74 Å². The van der Waals surface area contributed by atoms with E-state index in [9.17, 15) is 5.21 Å². The van der Waals surface area contributed by atoms with Crippen LogP contribution in [-0.2, 0) is 19.4 Å². The zero-order chi connectivity index (χ0) is 16.7. The maximum Gasteiger partial charge on any atom is 0.178 e. The van der Waals surface area contributed by atoms with Gasteiger partial charge in [-0.05, 0) is 42.4 Å². The number of benzene rings is 2. The van der Waals surface area contributed by atoms with Gasteiger partial charge in [0.05, 0.1) is 0 Å². The van der Waals surface area contributed by atoms with E-state index in [2.05, 4.69) is 39.0 Å². The van der Waals surface area contributed by atoms with Crippen molar-refractivity contribution in [2.75, 3.05) is 0 Å². The van der Waals surface area contributed by atoms with Gasteiger partial charge in [-0.2, -0.15) is 0 Å². The monoisotopic (exact) mass is 309 g/mol. The number of nitrogens with zero attached hydrogens (tertiary/aromatic N) is 1. The molecule has 0 spiro atoms. The van der Waals surface area contributed by atoms with Gasteiger partial charge < -0.3 is 5.21 Å². The average molecular weight is 309 g/mol. The van der Waals surface area contributed by atoms with Gasteiger partial charge in [0.15, 0.2) is 12.8 Å². The average Bonchev–Trinajstić information content (AvgIpc) is 2.50. The van der Waals surface area contributed by atoms with Crippen molar-refractivity contribution in [1.29, 1.82) is 0 Å². The first kappa shape index (κ1) is 17.3. The standard InChI is InChI=1S/C21H27NO/c1-17(2)14-20-11-12-21(18(3)15-20)10-7-13-22(23)16-19-8-5-4-6-9-19/h4-6,8-9,11-13,15,17H,7,10,14,16H2,1-3H3/b22-13+. The fourth-order valence-electron chi connectivity index (χ4n) is 2.83. The zero-order valence-corrected chi connectivity index (χ0v) is 14.5. The number of hydrogen-bond donors (Lipinski definition) is 0. The van der Waals surface area contributed by atoms with Gasteiger partial charge >= 0.3 is 0 Å². The van der Waals surface area contributed by atoms with Gasteiger partial charge in [-0.15, -0.1) is 0 Å². The Labute approximate surface area is 140 Å². The second kappa shape index (κ2) is 8.52. The van der Waals surface area contributed by atoms with Crippen LogP contribution >= 0.6 is 0 Å². The van der Waals surface area contributed by atoms with Gasteiger partial charge in [0.1, 0.15) is 0 Å². The van der Waals surface area contributed by atoms with Crippen molar-refractivity contribution in [2.45, 2.75) is 46.6 Å². The highest BCUT2D eigenvalue weighted by Gasteiger charge is 2.03. The Kier molecular flexibility index (Phi) is 6.40. The summed E-state index contributed by atoms with van der Waals surface area (Å²) in [4.78, 5) is 0. The fourth-order valence-corrected chi connectivity index (χ4v) is 2.83. The molecule has 0 saturated heterocycles. The minimum Gasteiger partial charge on any atom is -0.624 e. The van der Waals surface area contributed by atoms with Crippen LogP contribution in [0.1, 0.15) is 42.5 Å². The molecule has 2 heteroatoms. The van der Waals surface area contributed by atoms with Crippen molar-refractivity contribution in [3.05, 3.63) is 76.0 Å². The van der Waals surface area contributed by atoms with Crippen molar-refractivity contribution in [1.82, 2.24) is 0 Å². The molecule has 0 unspecified atom stereocenters. The molecule has 2 aromatic rings. The SMILES string of the molecule is Cc1cc(CC(C)C)ccc1CC/C=[N+](/[O-])Cc1ccccc1. The summed E-state index contributed by atoms with van der Waals surface area (Å²) in [6, 6.07) is 16.6. The third kappa shape index (κ3) is 5.90. The highest BCUT2D eigenvalue weighted by molar-refractivity contribution is 5.52. The van der Waals surface area contributed by atoms with Crippen LogP contribution in [0.5, 0.6) is 0 Å². The Balaban J connectivity index is 1.89. The molecular formula is C21H27NO. The second-order valence-electron chi connectivity index (χ2n) is 6.64. The minimum absolute atomic E-state index is 0.424. The highest BCUT2D eigenvalue weighted by atomic mass is 16.5. The summed E-state index contributed by atoms with van der Waals surface area (Å²) in [5.41, 5.74) is 5.12. The summed E-state index contributed by atoms with van der Waals surface area (Å²) >= 11 is 0. The number of aryl methyl sites for hydroxylation is 2. The van der Waals surface area contributed by atoms with Gasteiger partial charge in [-0.1, -0.05) is 62.4 Å². The van der Waals surface area contributed by atoms with Crippen LogP contribution in [0.25, 0.3) is 0 Å². The molecule has 0 radical (unpaired) electrons. The number of hydroxylamine groups is 1. The highest BCUT2D eigenvalue weighted by Crippen LogP contribution is 2.15. The van der Waals surface area contributed by atoms with Crippen molar-refractivity contribution in [3.63, 3.8) is 0 Å². The first-order valence-corrected chi connectivity index (χ1v) is 8.44. The molecule has 0 bridgehead atoms. The Morgan fingerprint density at radius 2 is 1.78 bits per heavy atom. The third-order valence-corrected chi connectivity index (χ3v) is 3.98.